The molecule has 2 rings (SSSR count). The predicted octanol–water partition coefficient (Wildman–Crippen LogP) is -3.30. The quantitative estimate of drug-likeness (QED) is 0.506. The van der Waals surface area contributed by atoms with Gasteiger partial charge < -0.3 is 15.5 Å². The van der Waals surface area contributed by atoms with E-state index in [-0.39, 0.29) is 11.4 Å². The Bertz CT molecular complexity index is 845. The molecule has 24 heavy (non-hydrogen) atoms. The molecule has 0 bridgehead atoms. The maximum Gasteiger partial charge on any atom is 0.322 e. The van der Waals surface area contributed by atoms with Crippen LogP contribution in [0.25, 0.3) is 11.1 Å². The molecule has 3 N–H and O–H groups in total. The average Bonchev–Trinajstić information content (AvgIpc) is 2.53. The van der Waals surface area contributed by atoms with Crippen LogP contribution in [0.3, 0.4) is 0 Å². The molecule has 1 heterocycles. The van der Waals surface area contributed by atoms with Crippen LogP contribution in [-0.2, 0) is 4.79 Å². The Morgan fingerprint density at radius 2 is 1.88 bits per heavy atom. The molecule has 0 unspecified atom stereocenters. The molecule has 0 saturated carbocycles. The van der Waals surface area contributed by atoms with Gasteiger partial charge in [-0.05, 0) is 11.6 Å². The summed E-state index contributed by atoms with van der Waals surface area (Å²) in [6, 6.07) is 3.35. The Balaban J connectivity index is 2.40. The molecular formula is C14H14B3ClN2O4. The minimum atomic E-state index is -1.18. The lowest BCUT2D eigenvalue weighted by Gasteiger charge is -2.14. The van der Waals surface area contributed by atoms with Crippen molar-refractivity contribution in [2.24, 2.45) is 0 Å². The third kappa shape index (κ3) is 3.56. The number of aliphatic carboxylic acids is 1. The van der Waals surface area contributed by atoms with Gasteiger partial charge in [-0.1, -0.05) is 34.1 Å². The van der Waals surface area contributed by atoms with Gasteiger partial charge in [0.15, 0.2) is 5.69 Å². The van der Waals surface area contributed by atoms with E-state index in [9.17, 15) is 14.7 Å². The zero-order valence-electron chi connectivity index (χ0n) is 13.5. The summed E-state index contributed by atoms with van der Waals surface area (Å²) in [6.07, 6.45) is 1.45. The van der Waals surface area contributed by atoms with Gasteiger partial charge in [0, 0.05) is 16.8 Å². The number of nitrogens with zero attached hydrogens (tertiary/aromatic N) is 1. The van der Waals surface area contributed by atoms with Crippen LogP contribution >= 0.6 is 11.6 Å². The van der Waals surface area contributed by atoms with E-state index in [0.29, 0.717) is 10.6 Å². The first-order chi connectivity index (χ1) is 11.2. The van der Waals surface area contributed by atoms with Crippen LogP contribution in [0, 0.1) is 0 Å². The minimum Gasteiger partial charge on any atom is -0.505 e. The Morgan fingerprint density at radius 1 is 1.21 bits per heavy atom. The molecule has 1 amide bonds. The number of carbonyl (C=O) groups excluding carboxylic acids is 1. The summed E-state index contributed by atoms with van der Waals surface area (Å²) in [6.45, 7) is -0.548. The fourth-order valence-electron chi connectivity index (χ4n) is 2.32. The van der Waals surface area contributed by atoms with Gasteiger partial charge in [-0.25, -0.2) is 4.98 Å². The normalized spacial score (nSPS) is 10.4. The van der Waals surface area contributed by atoms with Crippen molar-refractivity contribution in [1.29, 1.82) is 0 Å². The molecule has 120 valence electrons. The van der Waals surface area contributed by atoms with Gasteiger partial charge in [-0.15, -0.1) is 0 Å². The molecule has 2 aromatic rings. The number of amides is 1. The highest BCUT2D eigenvalue weighted by Crippen LogP contribution is 2.24. The monoisotopic (exact) mass is 342 g/mol. The van der Waals surface area contributed by atoms with E-state index >= 15 is 0 Å². The summed E-state index contributed by atoms with van der Waals surface area (Å²) in [5.74, 6) is -2.26. The molecule has 0 aliphatic rings. The highest BCUT2D eigenvalue weighted by atomic mass is 35.5. The first kappa shape index (κ1) is 17.9. The number of pyridine rings is 1. The van der Waals surface area contributed by atoms with E-state index in [0.717, 1.165) is 22.0 Å². The Labute approximate surface area is 146 Å². The van der Waals surface area contributed by atoms with Crippen LogP contribution in [0.15, 0.2) is 18.3 Å². The number of carboxylic acids is 1. The molecular weight excluding hydrogens is 328 g/mol. The number of nitrogens with one attached hydrogen (secondary N) is 1. The van der Waals surface area contributed by atoms with E-state index in [2.05, 4.69) is 10.3 Å². The van der Waals surface area contributed by atoms with Crippen molar-refractivity contribution in [2.75, 3.05) is 6.54 Å². The number of carboxylic acid groups (broad SMARTS) is 1. The van der Waals surface area contributed by atoms with Gasteiger partial charge in [0.25, 0.3) is 5.91 Å². The maximum absolute atomic E-state index is 11.8. The number of aromatic hydroxyl groups is 1. The van der Waals surface area contributed by atoms with E-state index in [1.54, 1.807) is 0 Å². The summed E-state index contributed by atoms with van der Waals surface area (Å²) >= 11 is 6.33. The number of rotatable bonds is 4. The van der Waals surface area contributed by atoms with Crippen LogP contribution in [0.1, 0.15) is 10.5 Å². The first-order valence-corrected chi connectivity index (χ1v) is 7.55. The highest BCUT2D eigenvalue weighted by Gasteiger charge is 2.16. The number of hydrogen-bond donors (Lipinski definition) is 3. The van der Waals surface area contributed by atoms with Crippen LogP contribution in [0.2, 0.25) is 5.02 Å². The summed E-state index contributed by atoms with van der Waals surface area (Å²) in [7, 11) is 5.74. The van der Waals surface area contributed by atoms with Crippen LogP contribution in [-0.4, -0.2) is 57.2 Å². The second kappa shape index (κ2) is 7.01. The number of benzene rings is 1. The number of aromatic nitrogens is 1. The standard InChI is InChI=1S/C14H14B3ClN2O4/c15-7-2-6(10(16)12(18)11(7)17)5-1-8(21)13(19-3-5)14(24)20-4-9(22)23/h1-3,21H,4,15-17H2,(H,20,24)(H,22,23). The maximum atomic E-state index is 11.8. The van der Waals surface area contributed by atoms with Crippen molar-refractivity contribution >= 4 is 63.4 Å². The molecule has 0 aliphatic carbocycles. The zero-order chi connectivity index (χ0) is 18.0. The Hall–Kier alpha value is -2.41. The number of carbonyl (C=O) groups is 2. The van der Waals surface area contributed by atoms with Gasteiger partial charge in [0.2, 0.25) is 0 Å². The van der Waals surface area contributed by atoms with Crippen molar-refractivity contribution < 1.29 is 19.8 Å². The fraction of sp³-hybridized carbons (Fsp3) is 0.0714. The van der Waals surface area contributed by atoms with E-state index in [1.165, 1.54) is 12.3 Å². The first-order valence-electron chi connectivity index (χ1n) is 7.18. The fourth-order valence-corrected chi connectivity index (χ4v) is 2.57. The van der Waals surface area contributed by atoms with Crippen LogP contribution in [0.5, 0.6) is 5.75 Å². The zero-order valence-corrected chi connectivity index (χ0v) is 14.2. The topological polar surface area (TPSA) is 99.5 Å². The number of hydrogen-bond acceptors (Lipinski definition) is 4. The van der Waals surface area contributed by atoms with Gasteiger partial charge in [-0.3, -0.25) is 9.59 Å². The SMILES string of the molecule is Bc1cc(-c2cnc(C(=O)NCC(=O)O)c(O)c2)c(B)c(Cl)c1B. The molecule has 6 nitrogen and oxygen atoms in total. The van der Waals surface area contributed by atoms with Gasteiger partial charge in [-0.2, -0.15) is 0 Å². The van der Waals surface area contributed by atoms with Crippen molar-refractivity contribution in [3.05, 3.63) is 29.0 Å². The predicted molar refractivity (Wildman–Crippen MR) is 101 cm³/mol. The third-order valence-corrected chi connectivity index (χ3v) is 4.38. The number of halogens is 1. The van der Waals surface area contributed by atoms with Crippen LogP contribution in [0.4, 0.5) is 0 Å². The summed E-state index contributed by atoms with van der Waals surface area (Å²) in [4.78, 5) is 26.3. The molecule has 0 atom stereocenters. The molecule has 0 spiro atoms. The van der Waals surface area contributed by atoms with E-state index in [1.807, 2.05) is 29.6 Å². The molecule has 0 fully saturated rings. The minimum absolute atomic E-state index is 0.229. The molecule has 0 radical (unpaired) electrons. The lowest BCUT2D eigenvalue weighted by molar-refractivity contribution is -0.135. The largest absolute Gasteiger partial charge is 0.505 e. The lowest BCUT2D eigenvalue weighted by Crippen LogP contribution is -2.33. The van der Waals surface area contributed by atoms with Crippen molar-refractivity contribution in [2.45, 2.75) is 0 Å². The van der Waals surface area contributed by atoms with Gasteiger partial charge in [0.1, 0.15) is 35.8 Å². The summed E-state index contributed by atoms with van der Waals surface area (Å²) in [5.41, 5.74) is 4.04. The summed E-state index contributed by atoms with van der Waals surface area (Å²) in [5, 5.41) is 21.4. The van der Waals surface area contributed by atoms with Gasteiger partial charge in [0.05, 0.1) is 0 Å². The smallest absolute Gasteiger partial charge is 0.322 e. The molecule has 10 heteroatoms. The molecule has 1 aromatic heterocycles. The van der Waals surface area contributed by atoms with E-state index in [4.69, 9.17) is 16.7 Å². The lowest BCUT2D eigenvalue weighted by atomic mass is 9.74. The summed E-state index contributed by atoms with van der Waals surface area (Å²) < 4.78 is 0. The Kier molecular flexibility index (Phi) is 5.24. The second-order valence-electron chi connectivity index (χ2n) is 5.47. The Morgan fingerprint density at radius 3 is 2.46 bits per heavy atom. The third-order valence-electron chi connectivity index (χ3n) is 3.81. The highest BCUT2D eigenvalue weighted by molar-refractivity contribution is 6.59. The second-order valence-corrected chi connectivity index (χ2v) is 5.85. The van der Waals surface area contributed by atoms with Crippen molar-refractivity contribution in [1.82, 2.24) is 10.3 Å². The molecule has 0 aliphatic heterocycles. The van der Waals surface area contributed by atoms with E-state index < -0.39 is 18.4 Å². The van der Waals surface area contributed by atoms with Gasteiger partial charge >= 0.3 is 5.97 Å². The molecule has 1 aromatic carbocycles. The van der Waals surface area contributed by atoms with Crippen molar-refractivity contribution in [3.63, 3.8) is 0 Å². The van der Waals surface area contributed by atoms with Crippen molar-refractivity contribution in [3.8, 4) is 16.9 Å². The molecule has 0 saturated heterocycles. The average molecular weight is 342 g/mol. The van der Waals surface area contributed by atoms with Crippen LogP contribution < -0.4 is 21.7 Å².